The van der Waals surface area contributed by atoms with Gasteiger partial charge in [-0.3, -0.25) is 14.4 Å². The van der Waals surface area contributed by atoms with Crippen LogP contribution in [0.1, 0.15) is 27.2 Å². The summed E-state index contributed by atoms with van der Waals surface area (Å²) in [5, 5.41) is 0. The molecule has 0 aromatic carbocycles. The van der Waals surface area contributed by atoms with Crippen molar-refractivity contribution in [3.8, 4) is 0 Å². The second kappa shape index (κ2) is 6.76. The van der Waals surface area contributed by atoms with Gasteiger partial charge in [-0.25, -0.2) is 4.21 Å². The molecular formula is C14H24N2O5S. The van der Waals surface area contributed by atoms with Gasteiger partial charge in [0.15, 0.2) is 0 Å². The largest absolute Gasteiger partial charge is 0.466 e. The van der Waals surface area contributed by atoms with Crippen LogP contribution in [0, 0.1) is 11.3 Å². The van der Waals surface area contributed by atoms with Gasteiger partial charge in [-0.05, 0) is 19.3 Å². The van der Waals surface area contributed by atoms with Gasteiger partial charge in [0.25, 0.3) is 0 Å². The van der Waals surface area contributed by atoms with Crippen molar-refractivity contribution in [3.05, 3.63) is 0 Å². The molecule has 0 aromatic rings. The lowest BCUT2D eigenvalue weighted by molar-refractivity contribution is -0.158. The van der Waals surface area contributed by atoms with E-state index >= 15 is 0 Å². The van der Waals surface area contributed by atoms with Gasteiger partial charge in [0.2, 0.25) is 0 Å². The van der Waals surface area contributed by atoms with E-state index in [0.717, 1.165) is 0 Å². The van der Waals surface area contributed by atoms with Crippen molar-refractivity contribution in [2.24, 2.45) is 15.7 Å². The van der Waals surface area contributed by atoms with Crippen LogP contribution in [-0.2, 0) is 28.8 Å². The molecule has 1 unspecified atom stereocenters. The quantitative estimate of drug-likeness (QED) is 0.559. The third-order valence-corrected chi connectivity index (χ3v) is 4.47. The average Bonchev–Trinajstić information content (AvgIpc) is 2.82. The maximum atomic E-state index is 12.3. The topological polar surface area (TPSA) is 93.1 Å². The van der Waals surface area contributed by atoms with E-state index in [4.69, 9.17) is 4.74 Å². The van der Waals surface area contributed by atoms with Crippen molar-refractivity contribution in [1.29, 1.82) is 0 Å². The predicted molar refractivity (Wildman–Crippen MR) is 82.5 cm³/mol. The Bertz CT molecular complexity index is 584. The number of likely N-dealkylation sites (tertiary alicyclic amines) is 1. The number of nitrogens with zero attached hydrogens (tertiary/aromatic N) is 2. The highest BCUT2D eigenvalue weighted by atomic mass is 32.2. The number of hydrogen-bond donors (Lipinski definition) is 0. The number of hydrogen-bond acceptors (Lipinski definition) is 5. The first-order chi connectivity index (χ1) is 10.0. The van der Waals surface area contributed by atoms with Crippen molar-refractivity contribution >= 4 is 27.5 Å². The predicted octanol–water partition coefficient (Wildman–Crippen LogP) is 0.678. The fourth-order valence-electron chi connectivity index (χ4n) is 2.53. The highest BCUT2D eigenvalue weighted by Gasteiger charge is 2.50. The summed E-state index contributed by atoms with van der Waals surface area (Å²) in [4.78, 5) is 37.4. The molecule has 8 heteroatoms. The van der Waals surface area contributed by atoms with Crippen molar-refractivity contribution in [3.63, 3.8) is 0 Å². The van der Waals surface area contributed by atoms with Crippen LogP contribution in [0.15, 0.2) is 4.36 Å². The molecule has 2 amide bonds. The maximum absolute atomic E-state index is 12.3. The maximum Gasteiger partial charge on any atom is 0.343 e. The molecule has 1 rings (SSSR count). The summed E-state index contributed by atoms with van der Waals surface area (Å²) < 4.78 is 20.1. The summed E-state index contributed by atoms with van der Waals surface area (Å²) in [5.74, 6) is -2.22. The molecule has 1 aliphatic heterocycles. The van der Waals surface area contributed by atoms with Crippen molar-refractivity contribution in [1.82, 2.24) is 4.90 Å². The molecule has 0 aliphatic carbocycles. The number of carbonyl (C=O) groups excluding carboxylic acids is 3. The lowest BCUT2D eigenvalue weighted by Crippen LogP contribution is -2.43. The van der Waals surface area contributed by atoms with Gasteiger partial charge in [0.05, 0.1) is 12.0 Å². The molecule has 0 bridgehead atoms. The number of rotatable bonds is 3. The Labute approximate surface area is 131 Å². The molecule has 0 aromatic heterocycles. The molecule has 7 nitrogen and oxygen atoms in total. The van der Waals surface area contributed by atoms with Gasteiger partial charge in [0, 0.05) is 35.3 Å². The molecule has 0 saturated carbocycles. The molecule has 126 valence electrons. The van der Waals surface area contributed by atoms with Gasteiger partial charge in [-0.15, -0.1) is 0 Å². The molecular weight excluding hydrogens is 308 g/mol. The minimum Gasteiger partial charge on any atom is -0.466 e. The number of amides is 2. The van der Waals surface area contributed by atoms with Crippen LogP contribution in [-0.4, -0.2) is 59.1 Å². The smallest absolute Gasteiger partial charge is 0.343 e. The molecule has 1 saturated heterocycles. The Kier molecular flexibility index (Phi) is 5.72. The van der Waals surface area contributed by atoms with Crippen molar-refractivity contribution < 1.29 is 23.3 Å². The van der Waals surface area contributed by atoms with Crippen LogP contribution in [0.5, 0.6) is 0 Å². The first kappa shape index (κ1) is 18.6. The number of carbonyl (C=O) groups is 3. The zero-order chi connectivity index (χ0) is 17.1. The Hall–Kier alpha value is -1.44. The van der Waals surface area contributed by atoms with E-state index in [1.54, 1.807) is 6.92 Å². The zero-order valence-electron chi connectivity index (χ0n) is 13.7. The summed E-state index contributed by atoms with van der Waals surface area (Å²) in [6.07, 6.45) is 3.02. The standard InChI is InChI=1S/C14H24N2O5S/c1-6-21-13(19)14(10(2)3)7-8-16(9-14)12(18)11(17)15-22(4,5)20/h10H,6-9H2,1-5H3. The van der Waals surface area contributed by atoms with E-state index < -0.39 is 27.0 Å². The Morgan fingerprint density at radius 3 is 2.36 bits per heavy atom. The lowest BCUT2D eigenvalue weighted by atomic mass is 9.76. The first-order valence-electron chi connectivity index (χ1n) is 7.21. The molecule has 1 atom stereocenters. The van der Waals surface area contributed by atoms with Crippen LogP contribution in [0.3, 0.4) is 0 Å². The Balaban J connectivity index is 2.95. The fourth-order valence-corrected chi connectivity index (χ4v) is 3.01. The number of ether oxygens (including phenoxy) is 1. The minimum absolute atomic E-state index is 0.0297. The molecule has 22 heavy (non-hydrogen) atoms. The molecule has 0 radical (unpaired) electrons. The van der Waals surface area contributed by atoms with Crippen LogP contribution in [0.2, 0.25) is 0 Å². The zero-order valence-corrected chi connectivity index (χ0v) is 14.6. The molecule has 0 N–H and O–H groups in total. The van der Waals surface area contributed by atoms with E-state index in [1.165, 1.54) is 17.4 Å². The third-order valence-electron chi connectivity index (χ3n) is 3.86. The molecule has 1 fully saturated rings. The second-order valence-corrected chi connectivity index (χ2v) is 8.63. The highest BCUT2D eigenvalue weighted by Crippen LogP contribution is 2.39. The van der Waals surface area contributed by atoms with Gasteiger partial charge in [-0.2, -0.15) is 4.36 Å². The van der Waals surface area contributed by atoms with E-state index in [1.807, 2.05) is 13.8 Å². The summed E-state index contributed by atoms with van der Waals surface area (Å²) in [5.41, 5.74) is -0.800. The van der Waals surface area contributed by atoms with Crippen LogP contribution < -0.4 is 0 Å². The van der Waals surface area contributed by atoms with E-state index in [-0.39, 0.29) is 31.6 Å². The molecule has 1 aliphatic rings. The first-order valence-corrected chi connectivity index (χ1v) is 9.54. The Morgan fingerprint density at radius 1 is 1.32 bits per heavy atom. The fraction of sp³-hybridized carbons (Fsp3) is 0.786. The van der Waals surface area contributed by atoms with E-state index in [2.05, 4.69) is 4.36 Å². The lowest BCUT2D eigenvalue weighted by Gasteiger charge is -2.30. The van der Waals surface area contributed by atoms with Crippen LogP contribution in [0.4, 0.5) is 0 Å². The van der Waals surface area contributed by atoms with E-state index in [0.29, 0.717) is 6.42 Å². The van der Waals surface area contributed by atoms with Crippen LogP contribution in [0.25, 0.3) is 0 Å². The summed E-state index contributed by atoms with van der Waals surface area (Å²) in [6, 6.07) is 0. The van der Waals surface area contributed by atoms with Crippen LogP contribution >= 0.6 is 0 Å². The molecule has 1 heterocycles. The summed E-state index contributed by atoms with van der Waals surface area (Å²) >= 11 is 0. The van der Waals surface area contributed by atoms with E-state index in [9.17, 15) is 18.6 Å². The van der Waals surface area contributed by atoms with Crippen molar-refractivity contribution in [2.75, 3.05) is 32.2 Å². The normalized spacial score (nSPS) is 21.8. The average molecular weight is 332 g/mol. The third kappa shape index (κ3) is 4.06. The van der Waals surface area contributed by atoms with Gasteiger partial charge < -0.3 is 9.64 Å². The van der Waals surface area contributed by atoms with Crippen molar-refractivity contribution in [2.45, 2.75) is 27.2 Å². The van der Waals surface area contributed by atoms with Gasteiger partial charge >= 0.3 is 17.8 Å². The number of esters is 1. The monoisotopic (exact) mass is 332 g/mol. The van der Waals surface area contributed by atoms with Gasteiger partial charge in [0.1, 0.15) is 0 Å². The summed E-state index contributed by atoms with van der Waals surface area (Å²) in [7, 11) is -2.68. The SMILES string of the molecule is CCOC(=O)C1(C(C)C)CCN(C(=O)C(=O)N=S(C)(C)=O)C1. The Morgan fingerprint density at radius 2 is 1.91 bits per heavy atom. The minimum atomic E-state index is -2.68. The molecule has 0 spiro atoms. The highest BCUT2D eigenvalue weighted by molar-refractivity contribution is 7.92. The second-order valence-electron chi connectivity index (χ2n) is 6.09. The summed E-state index contributed by atoms with van der Waals surface area (Å²) in [6.45, 7) is 6.18. The van der Waals surface area contributed by atoms with Gasteiger partial charge in [-0.1, -0.05) is 13.8 Å².